The van der Waals surface area contributed by atoms with Gasteiger partial charge < -0.3 is 10.2 Å². The van der Waals surface area contributed by atoms with Crippen LogP contribution in [-0.4, -0.2) is 35.8 Å². The van der Waals surface area contributed by atoms with Gasteiger partial charge in [-0.25, -0.2) is 0 Å². The molecule has 0 bridgehead atoms. The van der Waals surface area contributed by atoms with Crippen molar-refractivity contribution < 1.29 is 9.59 Å². The first-order valence-corrected chi connectivity index (χ1v) is 5.76. The molecule has 0 saturated carbocycles. The zero-order valence-electron chi connectivity index (χ0n) is 9.93. The summed E-state index contributed by atoms with van der Waals surface area (Å²) >= 11 is 0. The first-order chi connectivity index (χ1) is 8.70. The molecule has 0 aliphatic carbocycles. The Morgan fingerprint density at radius 3 is 2.72 bits per heavy atom. The van der Waals surface area contributed by atoms with E-state index in [1.54, 1.807) is 0 Å². The predicted molar refractivity (Wildman–Crippen MR) is 67.5 cm³/mol. The van der Waals surface area contributed by atoms with Crippen LogP contribution in [0.25, 0.3) is 0 Å². The topological polar surface area (TPSA) is 49.4 Å². The predicted octanol–water partition coefficient (Wildman–Crippen LogP) is 0.189. The Kier molecular flexibility index (Phi) is 3.63. The molecule has 1 saturated heterocycles. The van der Waals surface area contributed by atoms with Crippen molar-refractivity contribution in [3.05, 3.63) is 35.9 Å². The monoisotopic (exact) mass is 242 g/mol. The van der Waals surface area contributed by atoms with Crippen molar-refractivity contribution in [1.82, 2.24) is 10.2 Å². The van der Waals surface area contributed by atoms with E-state index in [0.717, 1.165) is 5.56 Å². The van der Waals surface area contributed by atoms with Gasteiger partial charge in [0, 0.05) is 6.42 Å². The third kappa shape index (κ3) is 2.69. The Hall–Kier alpha value is -2.28. The number of rotatable bonds is 3. The van der Waals surface area contributed by atoms with Gasteiger partial charge in [-0.1, -0.05) is 36.3 Å². The molecule has 2 rings (SSSR count). The van der Waals surface area contributed by atoms with E-state index >= 15 is 0 Å². The fourth-order valence-electron chi connectivity index (χ4n) is 2.01. The third-order valence-electron chi connectivity index (χ3n) is 2.84. The first kappa shape index (κ1) is 12.2. The Morgan fingerprint density at radius 1 is 1.33 bits per heavy atom. The van der Waals surface area contributed by atoms with E-state index in [-0.39, 0.29) is 24.9 Å². The van der Waals surface area contributed by atoms with Gasteiger partial charge in [0.15, 0.2) is 0 Å². The maximum absolute atomic E-state index is 12.1. The third-order valence-corrected chi connectivity index (χ3v) is 2.84. The van der Waals surface area contributed by atoms with Crippen LogP contribution in [0.2, 0.25) is 0 Å². The van der Waals surface area contributed by atoms with Gasteiger partial charge in [0.1, 0.15) is 12.6 Å². The highest BCUT2D eigenvalue weighted by atomic mass is 16.2. The maximum atomic E-state index is 12.1. The van der Waals surface area contributed by atoms with E-state index < -0.39 is 6.04 Å². The normalized spacial score (nSPS) is 19.3. The highest BCUT2D eigenvalue weighted by molar-refractivity contribution is 5.95. The number of hydrogen-bond acceptors (Lipinski definition) is 2. The minimum Gasteiger partial charge on any atom is -0.342 e. The standard InChI is InChI=1S/C14H14N2O2/c1-2-8-16-10-13(17)15-12(14(16)18)9-11-6-4-3-5-7-11/h1,3-7,12H,8-10H2,(H,15,17). The van der Waals surface area contributed by atoms with Crippen LogP contribution in [0.15, 0.2) is 30.3 Å². The highest BCUT2D eigenvalue weighted by Crippen LogP contribution is 2.09. The summed E-state index contributed by atoms with van der Waals surface area (Å²) in [6, 6.07) is 9.07. The first-order valence-electron chi connectivity index (χ1n) is 5.76. The Labute approximate surface area is 106 Å². The van der Waals surface area contributed by atoms with Crippen molar-refractivity contribution in [3.63, 3.8) is 0 Å². The summed E-state index contributed by atoms with van der Waals surface area (Å²) in [7, 11) is 0. The molecule has 4 nitrogen and oxygen atoms in total. The second kappa shape index (κ2) is 5.37. The summed E-state index contributed by atoms with van der Waals surface area (Å²) < 4.78 is 0. The molecule has 1 heterocycles. The summed E-state index contributed by atoms with van der Waals surface area (Å²) in [5, 5.41) is 2.70. The lowest BCUT2D eigenvalue weighted by Gasteiger charge is -2.31. The van der Waals surface area contributed by atoms with Gasteiger partial charge >= 0.3 is 0 Å². The summed E-state index contributed by atoms with van der Waals surface area (Å²) in [6.07, 6.45) is 5.68. The Balaban J connectivity index is 2.10. The van der Waals surface area contributed by atoms with Gasteiger partial charge in [-0.2, -0.15) is 0 Å². The molecule has 1 unspecified atom stereocenters. The van der Waals surface area contributed by atoms with Crippen LogP contribution in [0.1, 0.15) is 5.56 Å². The van der Waals surface area contributed by atoms with Crippen LogP contribution in [-0.2, 0) is 16.0 Å². The summed E-state index contributed by atoms with van der Waals surface area (Å²) in [5.74, 6) is 2.12. The lowest BCUT2D eigenvalue weighted by atomic mass is 10.0. The second-order valence-electron chi connectivity index (χ2n) is 4.21. The number of benzene rings is 1. The number of piperazine rings is 1. The van der Waals surface area contributed by atoms with E-state index in [1.165, 1.54) is 4.90 Å². The van der Waals surface area contributed by atoms with Gasteiger partial charge in [-0.15, -0.1) is 6.42 Å². The van der Waals surface area contributed by atoms with Crippen molar-refractivity contribution in [2.75, 3.05) is 13.1 Å². The molecule has 1 aromatic rings. The number of nitrogens with one attached hydrogen (secondary N) is 1. The largest absolute Gasteiger partial charge is 0.342 e. The van der Waals surface area contributed by atoms with Gasteiger partial charge in [-0.05, 0) is 5.56 Å². The molecule has 1 aromatic carbocycles. The molecule has 1 atom stereocenters. The number of amides is 2. The molecular weight excluding hydrogens is 228 g/mol. The Morgan fingerprint density at radius 2 is 2.06 bits per heavy atom. The molecule has 0 spiro atoms. The molecule has 1 N–H and O–H groups in total. The maximum Gasteiger partial charge on any atom is 0.246 e. The quantitative estimate of drug-likeness (QED) is 0.769. The number of carbonyl (C=O) groups is 2. The average Bonchev–Trinajstić information content (AvgIpc) is 2.36. The van der Waals surface area contributed by atoms with Crippen LogP contribution in [0.3, 0.4) is 0 Å². The number of hydrogen-bond donors (Lipinski definition) is 1. The molecule has 4 heteroatoms. The minimum absolute atomic E-state index is 0.0499. The lowest BCUT2D eigenvalue weighted by molar-refractivity contribution is -0.143. The molecule has 92 valence electrons. The van der Waals surface area contributed by atoms with Crippen LogP contribution in [0.4, 0.5) is 0 Å². The molecule has 1 aliphatic heterocycles. The zero-order valence-corrected chi connectivity index (χ0v) is 9.93. The number of carbonyl (C=O) groups excluding carboxylic acids is 2. The molecule has 1 fully saturated rings. The molecule has 0 aromatic heterocycles. The van der Waals surface area contributed by atoms with Crippen molar-refractivity contribution >= 4 is 11.8 Å². The number of terminal acetylenes is 1. The minimum atomic E-state index is -0.512. The van der Waals surface area contributed by atoms with Crippen LogP contribution in [0, 0.1) is 12.3 Å². The van der Waals surface area contributed by atoms with Crippen LogP contribution >= 0.6 is 0 Å². The van der Waals surface area contributed by atoms with E-state index in [4.69, 9.17) is 6.42 Å². The lowest BCUT2D eigenvalue weighted by Crippen LogP contribution is -2.58. The fourth-order valence-corrected chi connectivity index (χ4v) is 2.01. The van der Waals surface area contributed by atoms with E-state index in [0.29, 0.717) is 6.42 Å². The van der Waals surface area contributed by atoms with E-state index in [2.05, 4.69) is 11.2 Å². The zero-order chi connectivity index (χ0) is 13.0. The highest BCUT2D eigenvalue weighted by Gasteiger charge is 2.31. The van der Waals surface area contributed by atoms with Crippen molar-refractivity contribution in [1.29, 1.82) is 0 Å². The van der Waals surface area contributed by atoms with Crippen molar-refractivity contribution in [2.24, 2.45) is 0 Å². The smallest absolute Gasteiger partial charge is 0.246 e. The molecule has 2 amide bonds. The average molecular weight is 242 g/mol. The van der Waals surface area contributed by atoms with E-state index in [9.17, 15) is 9.59 Å². The summed E-state index contributed by atoms with van der Waals surface area (Å²) in [4.78, 5) is 25.0. The SMILES string of the molecule is C#CCN1CC(=O)NC(Cc2ccccc2)C1=O. The van der Waals surface area contributed by atoms with Crippen LogP contribution < -0.4 is 5.32 Å². The fraction of sp³-hybridized carbons (Fsp3) is 0.286. The summed E-state index contributed by atoms with van der Waals surface area (Å²) in [6.45, 7) is 0.228. The van der Waals surface area contributed by atoms with Crippen molar-refractivity contribution in [3.8, 4) is 12.3 Å². The molecule has 18 heavy (non-hydrogen) atoms. The van der Waals surface area contributed by atoms with Crippen LogP contribution in [0.5, 0.6) is 0 Å². The molecular formula is C14H14N2O2. The molecule has 1 aliphatic rings. The van der Waals surface area contributed by atoms with Gasteiger partial charge in [0.2, 0.25) is 11.8 Å². The molecule has 0 radical (unpaired) electrons. The summed E-state index contributed by atoms with van der Waals surface area (Å²) in [5.41, 5.74) is 1.01. The number of nitrogens with zero attached hydrogens (tertiary/aromatic N) is 1. The van der Waals surface area contributed by atoms with Gasteiger partial charge in [0.25, 0.3) is 0 Å². The van der Waals surface area contributed by atoms with Gasteiger partial charge in [0.05, 0.1) is 6.54 Å². The van der Waals surface area contributed by atoms with Crippen molar-refractivity contribution in [2.45, 2.75) is 12.5 Å². The van der Waals surface area contributed by atoms with Gasteiger partial charge in [-0.3, -0.25) is 9.59 Å². The van der Waals surface area contributed by atoms with E-state index in [1.807, 2.05) is 30.3 Å². The Bertz CT molecular complexity index is 490. The second-order valence-corrected chi connectivity index (χ2v) is 4.21.